The fraction of sp³-hybridized carbons (Fsp3) is 0.250. The fourth-order valence-corrected chi connectivity index (χ4v) is 4.02. The third-order valence-corrected chi connectivity index (χ3v) is 5.94. The molecule has 2 N–H and O–H groups in total. The summed E-state index contributed by atoms with van der Waals surface area (Å²) in [7, 11) is 0. The number of nitrogens with zero attached hydrogens (tertiary/aromatic N) is 4. The number of phenols is 1. The van der Waals surface area contributed by atoms with Gasteiger partial charge in [-0.2, -0.15) is 5.10 Å². The van der Waals surface area contributed by atoms with E-state index in [0.29, 0.717) is 39.7 Å². The van der Waals surface area contributed by atoms with Crippen LogP contribution in [0.15, 0.2) is 54.9 Å². The molecule has 3 heterocycles. The van der Waals surface area contributed by atoms with Gasteiger partial charge in [-0.05, 0) is 61.2 Å². The summed E-state index contributed by atoms with van der Waals surface area (Å²) in [5, 5.41) is 18.3. The quantitative estimate of drug-likeness (QED) is 0.401. The molecule has 32 heavy (non-hydrogen) atoms. The van der Waals surface area contributed by atoms with Crippen LogP contribution < -0.4 is 5.32 Å². The molecule has 8 heteroatoms. The Bertz CT molecular complexity index is 1270. The van der Waals surface area contributed by atoms with E-state index in [1.54, 1.807) is 48.7 Å². The number of benzene rings is 1. The normalized spacial score (nSPS) is 13.4. The van der Waals surface area contributed by atoms with Gasteiger partial charge in [0.15, 0.2) is 11.5 Å². The molecule has 0 saturated heterocycles. The Morgan fingerprint density at radius 2 is 2.03 bits per heavy atom. The van der Waals surface area contributed by atoms with Crippen molar-refractivity contribution >= 4 is 34.4 Å². The monoisotopic (exact) mass is 447 g/mol. The smallest absolute Gasteiger partial charge is 0.258 e. The number of phenolic OH excluding ortho intramolecular Hbond substituents is 1. The second-order valence-corrected chi connectivity index (χ2v) is 8.50. The predicted molar refractivity (Wildman–Crippen MR) is 124 cm³/mol. The van der Waals surface area contributed by atoms with Crippen LogP contribution in [0.5, 0.6) is 5.75 Å². The zero-order valence-electron chi connectivity index (χ0n) is 17.3. The van der Waals surface area contributed by atoms with Gasteiger partial charge in [-0.1, -0.05) is 24.4 Å². The van der Waals surface area contributed by atoms with E-state index in [0.717, 1.165) is 24.3 Å². The van der Waals surface area contributed by atoms with Gasteiger partial charge in [-0.15, -0.1) is 0 Å². The number of halogens is 1. The first-order valence-electron chi connectivity index (χ1n) is 10.7. The van der Waals surface area contributed by atoms with Crippen molar-refractivity contribution in [2.75, 3.05) is 5.32 Å². The first-order chi connectivity index (χ1) is 15.6. The van der Waals surface area contributed by atoms with Gasteiger partial charge in [0.1, 0.15) is 5.75 Å². The SMILES string of the molecule is O=C(Nc1nn(CCCC2CC2)c2nc(-c3ccc(O)cc3)c(Cl)cc12)c1cccnc1. The Balaban J connectivity index is 1.53. The minimum absolute atomic E-state index is 0.177. The van der Waals surface area contributed by atoms with Gasteiger partial charge in [0.2, 0.25) is 0 Å². The maximum atomic E-state index is 12.7. The third-order valence-electron chi connectivity index (χ3n) is 5.65. The Morgan fingerprint density at radius 3 is 2.75 bits per heavy atom. The zero-order chi connectivity index (χ0) is 22.1. The highest BCUT2D eigenvalue weighted by Crippen LogP contribution is 2.35. The van der Waals surface area contributed by atoms with Crippen LogP contribution in [0.2, 0.25) is 5.02 Å². The highest BCUT2D eigenvalue weighted by molar-refractivity contribution is 6.34. The molecule has 4 aromatic rings. The molecule has 0 atom stereocenters. The number of pyridine rings is 2. The number of aryl methyl sites for hydroxylation is 1. The number of anilines is 1. The lowest BCUT2D eigenvalue weighted by atomic mass is 10.1. The molecule has 1 amide bonds. The molecule has 162 valence electrons. The van der Waals surface area contributed by atoms with E-state index in [1.165, 1.54) is 19.0 Å². The number of carbonyl (C=O) groups is 1. The lowest BCUT2D eigenvalue weighted by Crippen LogP contribution is -2.13. The lowest BCUT2D eigenvalue weighted by molar-refractivity contribution is 0.102. The first kappa shape index (κ1) is 20.5. The van der Waals surface area contributed by atoms with Crippen LogP contribution in [-0.4, -0.2) is 30.8 Å². The molecule has 5 rings (SSSR count). The standard InChI is InChI=1S/C24H22ClN5O2/c25-20-13-19-22(28-24(32)17-4-1-11-26-14-17)29-30(12-2-3-15-5-6-15)23(19)27-21(20)16-7-9-18(31)10-8-16/h1,4,7-11,13-15,31H,2-3,5-6,12H2,(H,28,29,32). The average Bonchev–Trinajstić information content (AvgIpc) is 3.58. The summed E-state index contributed by atoms with van der Waals surface area (Å²) in [6.07, 6.45) is 7.91. The van der Waals surface area contributed by atoms with Crippen LogP contribution in [0, 0.1) is 5.92 Å². The lowest BCUT2D eigenvalue weighted by Gasteiger charge is -2.07. The van der Waals surface area contributed by atoms with Crippen LogP contribution in [0.4, 0.5) is 5.82 Å². The van der Waals surface area contributed by atoms with Crippen molar-refractivity contribution in [3.8, 4) is 17.0 Å². The summed E-state index contributed by atoms with van der Waals surface area (Å²) in [6.45, 7) is 0.708. The van der Waals surface area contributed by atoms with Crippen molar-refractivity contribution in [3.05, 3.63) is 65.4 Å². The van der Waals surface area contributed by atoms with Crippen molar-refractivity contribution in [3.63, 3.8) is 0 Å². The number of hydrogen-bond donors (Lipinski definition) is 2. The van der Waals surface area contributed by atoms with Gasteiger partial charge in [0, 0.05) is 24.5 Å². The van der Waals surface area contributed by atoms with Crippen molar-refractivity contribution in [2.24, 2.45) is 5.92 Å². The molecule has 0 spiro atoms. The number of rotatable bonds is 7. The highest BCUT2D eigenvalue weighted by atomic mass is 35.5. The summed E-state index contributed by atoms with van der Waals surface area (Å²) in [5.74, 6) is 1.14. The molecule has 1 fully saturated rings. The molecular weight excluding hydrogens is 426 g/mol. The topological polar surface area (TPSA) is 92.9 Å². The van der Waals surface area contributed by atoms with Gasteiger partial charge >= 0.3 is 0 Å². The number of hydrogen-bond acceptors (Lipinski definition) is 5. The molecule has 0 bridgehead atoms. The third kappa shape index (κ3) is 4.29. The van der Waals surface area contributed by atoms with Gasteiger partial charge in [0.25, 0.3) is 5.91 Å². The number of aromatic hydroxyl groups is 1. The van der Waals surface area contributed by atoms with E-state index < -0.39 is 0 Å². The van der Waals surface area contributed by atoms with Crippen molar-refractivity contribution in [2.45, 2.75) is 32.2 Å². The van der Waals surface area contributed by atoms with Gasteiger partial charge in [-0.3, -0.25) is 9.78 Å². The van der Waals surface area contributed by atoms with Crippen LogP contribution in [0.1, 0.15) is 36.0 Å². The number of amides is 1. The van der Waals surface area contributed by atoms with Gasteiger partial charge in [0.05, 0.1) is 21.7 Å². The van der Waals surface area contributed by atoms with E-state index in [2.05, 4.69) is 15.4 Å². The Morgan fingerprint density at radius 1 is 1.22 bits per heavy atom. The zero-order valence-corrected chi connectivity index (χ0v) is 18.1. The summed E-state index contributed by atoms with van der Waals surface area (Å²) < 4.78 is 1.84. The van der Waals surface area contributed by atoms with Gasteiger partial charge in [-0.25, -0.2) is 9.67 Å². The van der Waals surface area contributed by atoms with Crippen LogP contribution in [-0.2, 0) is 6.54 Å². The van der Waals surface area contributed by atoms with E-state index in [4.69, 9.17) is 16.6 Å². The molecule has 0 unspecified atom stereocenters. The van der Waals surface area contributed by atoms with E-state index in [9.17, 15) is 9.90 Å². The second-order valence-electron chi connectivity index (χ2n) is 8.09. The number of fused-ring (bicyclic) bond motifs is 1. The fourth-order valence-electron chi connectivity index (χ4n) is 3.76. The van der Waals surface area contributed by atoms with E-state index >= 15 is 0 Å². The molecule has 1 aliphatic rings. The summed E-state index contributed by atoms with van der Waals surface area (Å²) in [6, 6.07) is 11.9. The second kappa shape index (κ2) is 8.59. The maximum Gasteiger partial charge on any atom is 0.258 e. The van der Waals surface area contributed by atoms with E-state index in [-0.39, 0.29) is 11.7 Å². The number of nitrogens with one attached hydrogen (secondary N) is 1. The molecule has 0 radical (unpaired) electrons. The van der Waals surface area contributed by atoms with Crippen LogP contribution in [0.25, 0.3) is 22.3 Å². The Labute approximate surface area is 190 Å². The summed E-state index contributed by atoms with van der Waals surface area (Å²) in [5.41, 5.74) is 2.51. The largest absolute Gasteiger partial charge is 0.508 e. The first-order valence-corrected chi connectivity index (χ1v) is 11.0. The molecule has 7 nitrogen and oxygen atoms in total. The molecule has 0 aliphatic heterocycles. The van der Waals surface area contributed by atoms with Crippen molar-refractivity contribution in [1.82, 2.24) is 19.7 Å². The van der Waals surface area contributed by atoms with Gasteiger partial charge < -0.3 is 10.4 Å². The average molecular weight is 448 g/mol. The summed E-state index contributed by atoms with van der Waals surface area (Å²) >= 11 is 6.58. The van der Waals surface area contributed by atoms with E-state index in [1.807, 2.05) is 4.68 Å². The summed E-state index contributed by atoms with van der Waals surface area (Å²) in [4.78, 5) is 21.5. The molecular formula is C24H22ClN5O2. The Hall–Kier alpha value is -3.45. The number of aromatic nitrogens is 4. The maximum absolute atomic E-state index is 12.7. The molecule has 1 saturated carbocycles. The van der Waals surface area contributed by atoms with Crippen molar-refractivity contribution < 1.29 is 9.90 Å². The minimum atomic E-state index is -0.290. The number of carbonyl (C=O) groups excluding carboxylic acids is 1. The molecule has 1 aromatic carbocycles. The van der Waals surface area contributed by atoms with Crippen molar-refractivity contribution in [1.29, 1.82) is 0 Å². The van der Waals surface area contributed by atoms with Crippen LogP contribution >= 0.6 is 11.6 Å². The van der Waals surface area contributed by atoms with Crippen LogP contribution in [0.3, 0.4) is 0 Å². The minimum Gasteiger partial charge on any atom is -0.508 e. The highest BCUT2D eigenvalue weighted by Gasteiger charge is 2.22. The Kier molecular flexibility index (Phi) is 5.49. The predicted octanol–water partition coefficient (Wildman–Crippen LogP) is 5.29. The molecule has 1 aliphatic carbocycles. The molecule has 3 aromatic heterocycles.